The summed E-state index contributed by atoms with van der Waals surface area (Å²) in [5.74, 6) is 2.50. The molecule has 0 radical (unpaired) electrons. The zero-order valence-corrected chi connectivity index (χ0v) is 14.7. The number of benzene rings is 1. The Kier molecular flexibility index (Phi) is 5.97. The molecule has 4 nitrogen and oxygen atoms in total. The summed E-state index contributed by atoms with van der Waals surface area (Å²) in [6.45, 7) is 6.18. The fraction of sp³-hybridized carbons (Fsp3) is 0.611. The van der Waals surface area contributed by atoms with E-state index in [4.69, 9.17) is 4.74 Å². The Labute approximate surface area is 143 Å². The number of hydrogen-bond acceptors (Lipinski definition) is 4. The van der Waals surface area contributed by atoms with Gasteiger partial charge in [0.25, 0.3) is 0 Å². The lowest BCUT2D eigenvalue weighted by Gasteiger charge is -2.27. The minimum atomic E-state index is 0.0616. The number of anilines is 1. The molecular formula is C18H26N2O2S. The number of thioether (sulfide) groups is 1. The number of carbonyl (C=O) groups excluding carboxylic acids is 1. The van der Waals surface area contributed by atoms with Crippen LogP contribution in [0.4, 0.5) is 5.69 Å². The summed E-state index contributed by atoms with van der Waals surface area (Å²) in [5, 5.41) is 3.07. The van der Waals surface area contributed by atoms with Crippen LogP contribution in [0.2, 0.25) is 0 Å². The van der Waals surface area contributed by atoms with Crippen molar-refractivity contribution < 1.29 is 9.53 Å². The van der Waals surface area contributed by atoms with E-state index in [0.717, 1.165) is 44.8 Å². The van der Waals surface area contributed by atoms with Crippen molar-refractivity contribution in [1.29, 1.82) is 0 Å². The molecule has 1 amide bonds. The van der Waals surface area contributed by atoms with E-state index < -0.39 is 0 Å². The predicted molar refractivity (Wildman–Crippen MR) is 96.0 cm³/mol. The van der Waals surface area contributed by atoms with Crippen molar-refractivity contribution in [3.63, 3.8) is 0 Å². The summed E-state index contributed by atoms with van der Waals surface area (Å²) >= 11 is 2.03. The number of rotatable bonds is 5. The van der Waals surface area contributed by atoms with Crippen LogP contribution >= 0.6 is 11.8 Å². The highest BCUT2D eigenvalue weighted by atomic mass is 32.2. The van der Waals surface area contributed by atoms with E-state index in [1.165, 1.54) is 22.6 Å². The molecule has 0 saturated carbocycles. The average molecular weight is 334 g/mol. The number of ether oxygens (including phenoxy) is 1. The first-order valence-corrected chi connectivity index (χ1v) is 9.68. The van der Waals surface area contributed by atoms with Crippen molar-refractivity contribution in [2.45, 2.75) is 38.8 Å². The number of amides is 1. The molecule has 2 aliphatic rings. The van der Waals surface area contributed by atoms with Crippen LogP contribution in [0.15, 0.2) is 18.2 Å². The highest BCUT2D eigenvalue weighted by Gasteiger charge is 2.20. The molecule has 0 unspecified atom stereocenters. The van der Waals surface area contributed by atoms with Crippen LogP contribution < -0.4 is 5.32 Å². The van der Waals surface area contributed by atoms with Gasteiger partial charge in [-0.05, 0) is 37.0 Å². The molecule has 3 rings (SSSR count). The van der Waals surface area contributed by atoms with E-state index in [2.05, 4.69) is 23.2 Å². The van der Waals surface area contributed by atoms with Crippen LogP contribution in [0, 0.1) is 6.92 Å². The molecule has 0 bridgehead atoms. The third-order valence-electron chi connectivity index (χ3n) is 4.65. The lowest BCUT2D eigenvalue weighted by molar-refractivity contribution is -0.118. The predicted octanol–water partition coefficient (Wildman–Crippen LogP) is 3.05. The maximum Gasteiger partial charge on any atom is 0.226 e. The Morgan fingerprint density at radius 3 is 2.96 bits per heavy atom. The SMILES string of the molecule is Cc1c(CN2CCSCC2)cccc1NC(=O)C[C@H]1CCCO1. The molecule has 2 aliphatic heterocycles. The van der Waals surface area contributed by atoms with Crippen molar-refractivity contribution in [3.05, 3.63) is 29.3 Å². The van der Waals surface area contributed by atoms with Crippen molar-refractivity contribution in [2.75, 3.05) is 36.5 Å². The number of nitrogens with zero attached hydrogens (tertiary/aromatic N) is 1. The van der Waals surface area contributed by atoms with E-state index in [0.29, 0.717) is 6.42 Å². The van der Waals surface area contributed by atoms with Gasteiger partial charge < -0.3 is 10.1 Å². The van der Waals surface area contributed by atoms with E-state index in [-0.39, 0.29) is 12.0 Å². The van der Waals surface area contributed by atoms with Gasteiger partial charge in [-0.1, -0.05) is 12.1 Å². The van der Waals surface area contributed by atoms with Gasteiger partial charge >= 0.3 is 0 Å². The molecule has 2 saturated heterocycles. The van der Waals surface area contributed by atoms with Crippen LogP contribution in [0.5, 0.6) is 0 Å². The normalized spacial score (nSPS) is 22.2. The van der Waals surface area contributed by atoms with Crippen molar-refractivity contribution in [1.82, 2.24) is 4.90 Å². The van der Waals surface area contributed by atoms with Gasteiger partial charge in [0.2, 0.25) is 5.91 Å². The fourth-order valence-electron chi connectivity index (χ4n) is 3.20. The Morgan fingerprint density at radius 2 is 2.22 bits per heavy atom. The van der Waals surface area contributed by atoms with Crippen molar-refractivity contribution >= 4 is 23.4 Å². The summed E-state index contributed by atoms with van der Waals surface area (Å²) in [4.78, 5) is 14.7. The Hall–Kier alpha value is -1.04. The second-order valence-electron chi connectivity index (χ2n) is 6.37. The Morgan fingerprint density at radius 1 is 1.39 bits per heavy atom. The maximum atomic E-state index is 12.2. The fourth-order valence-corrected chi connectivity index (χ4v) is 4.18. The standard InChI is InChI=1S/C18H26N2O2S/c1-14-15(13-20-7-10-23-11-8-20)4-2-6-17(14)19-18(21)12-16-5-3-9-22-16/h2,4,6,16H,3,5,7-13H2,1H3,(H,19,21)/t16-/m1/s1. The average Bonchev–Trinajstić information content (AvgIpc) is 3.05. The smallest absolute Gasteiger partial charge is 0.226 e. The molecular weight excluding hydrogens is 308 g/mol. The summed E-state index contributed by atoms with van der Waals surface area (Å²) in [6.07, 6.45) is 2.64. The van der Waals surface area contributed by atoms with Crippen molar-refractivity contribution in [3.8, 4) is 0 Å². The molecule has 126 valence electrons. The van der Waals surface area contributed by atoms with Crippen LogP contribution in [-0.4, -0.2) is 48.1 Å². The number of carbonyl (C=O) groups is 1. The summed E-state index contributed by atoms with van der Waals surface area (Å²) < 4.78 is 5.55. The number of hydrogen-bond donors (Lipinski definition) is 1. The van der Waals surface area contributed by atoms with E-state index in [9.17, 15) is 4.79 Å². The summed E-state index contributed by atoms with van der Waals surface area (Å²) in [7, 11) is 0. The van der Waals surface area contributed by atoms with Crippen molar-refractivity contribution in [2.24, 2.45) is 0 Å². The largest absolute Gasteiger partial charge is 0.378 e. The van der Waals surface area contributed by atoms with Crippen LogP contribution in [0.1, 0.15) is 30.4 Å². The second kappa shape index (κ2) is 8.18. The molecule has 0 spiro atoms. The zero-order chi connectivity index (χ0) is 16.1. The summed E-state index contributed by atoms with van der Waals surface area (Å²) in [5.41, 5.74) is 3.44. The van der Waals surface area contributed by atoms with Gasteiger partial charge in [0.1, 0.15) is 0 Å². The lowest BCUT2D eigenvalue weighted by Crippen LogP contribution is -2.32. The first kappa shape index (κ1) is 16.8. The molecule has 23 heavy (non-hydrogen) atoms. The molecule has 5 heteroatoms. The number of nitrogens with one attached hydrogen (secondary N) is 1. The van der Waals surface area contributed by atoms with Crippen LogP contribution in [0.25, 0.3) is 0 Å². The van der Waals surface area contributed by atoms with E-state index in [1.807, 2.05) is 23.9 Å². The highest BCUT2D eigenvalue weighted by Crippen LogP contribution is 2.23. The minimum Gasteiger partial charge on any atom is -0.378 e. The second-order valence-corrected chi connectivity index (χ2v) is 7.59. The molecule has 1 atom stereocenters. The summed E-state index contributed by atoms with van der Waals surface area (Å²) in [6, 6.07) is 6.22. The molecule has 1 aromatic carbocycles. The molecule has 2 heterocycles. The quantitative estimate of drug-likeness (QED) is 0.899. The Balaban J connectivity index is 1.60. The van der Waals surface area contributed by atoms with Gasteiger partial charge in [0.15, 0.2) is 0 Å². The van der Waals surface area contributed by atoms with Crippen LogP contribution in [0.3, 0.4) is 0 Å². The van der Waals surface area contributed by atoms with Gasteiger partial charge in [-0.25, -0.2) is 0 Å². The van der Waals surface area contributed by atoms with E-state index in [1.54, 1.807) is 0 Å². The monoisotopic (exact) mass is 334 g/mol. The van der Waals surface area contributed by atoms with Gasteiger partial charge in [-0.3, -0.25) is 9.69 Å². The highest BCUT2D eigenvalue weighted by molar-refractivity contribution is 7.99. The lowest BCUT2D eigenvalue weighted by atomic mass is 10.1. The molecule has 1 N–H and O–H groups in total. The minimum absolute atomic E-state index is 0.0616. The topological polar surface area (TPSA) is 41.6 Å². The third kappa shape index (κ3) is 4.72. The first-order chi connectivity index (χ1) is 11.2. The van der Waals surface area contributed by atoms with Gasteiger partial charge in [0, 0.05) is 43.4 Å². The zero-order valence-electron chi connectivity index (χ0n) is 13.8. The van der Waals surface area contributed by atoms with Gasteiger partial charge in [-0.15, -0.1) is 0 Å². The maximum absolute atomic E-state index is 12.2. The van der Waals surface area contributed by atoms with Gasteiger partial charge in [0.05, 0.1) is 12.5 Å². The molecule has 1 aromatic rings. The molecule has 0 aliphatic carbocycles. The molecule has 0 aromatic heterocycles. The Bertz CT molecular complexity index is 538. The first-order valence-electron chi connectivity index (χ1n) is 8.52. The van der Waals surface area contributed by atoms with Gasteiger partial charge in [-0.2, -0.15) is 11.8 Å². The third-order valence-corrected chi connectivity index (χ3v) is 5.60. The van der Waals surface area contributed by atoms with E-state index >= 15 is 0 Å². The molecule has 2 fully saturated rings. The van der Waals surface area contributed by atoms with Crippen LogP contribution in [-0.2, 0) is 16.1 Å².